The van der Waals surface area contributed by atoms with Crippen LogP contribution in [0.1, 0.15) is 71.3 Å². The van der Waals surface area contributed by atoms with Crippen LogP contribution >= 0.6 is 0 Å². The van der Waals surface area contributed by atoms with Crippen LogP contribution in [0.3, 0.4) is 0 Å². The molecule has 0 radical (unpaired) electrons. The van der Waals surface area contributed by atoms with Gasteiger partial charge >= 0.3 is 0 Å². The third-order valence-electron chi connectivity index (χ3n) is 5.57. The Hall–Kier alpha value is -1.42. The zero-order valence-electron chi connectivity index (χ0n) is 16.5. The van der Waals surface area contributed by atoms with E-state index in [0.717, 1.165) is 12.8 Å². The quantitative estimate of drug-likeness (QED) is 0.186. The van der Waals surface area contributed by atoms with Gasteiger partial charge in [-0.1, -0.05) is 38.3 Å². The summed E-state index contributed by atoms with van der Waals surface area (Å²) in [7, 11) is 0. The first kappa shape index (κ1) is 21.6. The largest absolute Gasteiger partial charge is 0.324 e. The first-order valence-corrected chi connectivity index (χ1v) is 10.1. The number of benzene rings is 1. The molecule has 0 aliphatic heterocycles. The fourth-order valence-corrected chi connectivity index (χ4v) is 3.58. The highest BCUT2D eigenvalue weighted by Gasteiger charge is 2.21. The number of hydrogen-bond donors (Lipinski definition) is 0. The molecule has 0 bridgehead atoms. The van der Waals surface area contributed by atoms with E-state index in [1.165, 1.54) is 74.8 Å². The van der Waals surface area contributed by atoms with Crippen LogP contribution in [-0.2, 0) is 6.42 Å². The smallest absolute Gasteiger partial charge is 0.269 e. The molecule has 0 unspecified atom stereocenters. The van der Waals surface area contributed by atoms with Crippen molar-refractivity contribution >= 4 is 5.69 Å². The molecule has 25 heavy (non-hydrogen) atoms. The molecule has 0 aromatic heterocycles. The van der Waals surface area contributed by atoms with Crippen LogP contribution < -0.4 is 0 Å². The third kappa shape index (κ3) is 8.00. The lowest BCUT2D eigenvalue weighted by Gasteiger charge is -2.37. The Morgan fingerprint density at radius 3 is 1.92 bits per heavy atom. The zero-order valence-corrected chi connectivity index (χ0v) is 16.5. The fraction of sp³-hybridized carbons (Fsp3) is 0.714. The number of nitro groups is 1. The van der Waals surface area contributed by atoms with Gasteiger partial charge in [0.25, 0.3) is 5.69 Å². The van der Waals surface area contributed by atoms with Crippen LogP contribution in [0.2, 0.25) is 0 Å². The number of rotatable bonds is 14. The van der Waals surface area contributed by atoms with Gasteiger partial charge in [0.2, 0.25) is 0 Å². The number of nitro benzene ring substituents is 1. The van der Waals surface area contributed by atoms with Crippen molar-refractivity contribution in [2.24, 2.45) is 0 Å². The molecule has 4 nitrogen and oxygen atoms in total. The molecule has 0 aliphatic rings. The maximum atomic E-state index is 10.7. The van der Waals surface area contributed by atoms with Gasteiger partial charge in [0.1, 0.15) is 0 Å². The Morgan fingerprint density at radius 1 is 0.840 bits per heavy atom. The Bertz CT molecular complexity index is 481. The van der Waals surface area contributed by atoms with Crippen LogP contribution in [0.5, 0.6) is 0 Å². The Kier molecular flexibility index (Phi) is 10.4. The molecule has 4 heteroatoms. The summed E-state index contributed by atoms with van der Waals surface area (Å²) in [6.07, 6.45) is 10.2. The number of unbranched alkanes of at least 4 members (excludes halogenated alkanes) is 5. The average molecular weight is 350 g/mol. The van der Waals surface area contributed by atoms with E-state index in [9.17, 15) is 10.1 Å². The van der Waals surface area contributed by atoms with Crippen LogP contribution in [0.25, 0.3) is 0 Å². The Balaban J connectivity index is 2.35. The molecule has 0 aliphatic carbocycles. The van der Waals surface area contributed by atoms with Crippen LogP contribution in [0.15, 0.2) is 24.3 Å². The highest BCUT2D eigenvalue weighted by Crippen LogP contribution is 2.16. The molecule has 1 aromatic carbocycles. The molecule has 1 aromatic rings. The summed E-state index contributed by atoms with van der Waals surface area (Å²) in [5, 5.41) is 10.7. The molecule has 0 saturated heterocycles. The van der Waals surface area contributed by atoms with Gasteiger partial charge in [0.05, 0.1) is 31.1 Å². The molecule has 0 fully saturated rings. The van der Waals surface area contributed by atoms with Gasteiger partial charge in [0.15, 0.2) is 0 Å². The van der Waals surface area contributed by atoms with E-state index in [1.54, 1.807) is 12.1 Å². The van der Waals surface area contributed by atoms with Crippen molar-refractivity contribution in [1.29, 1.82) is 0 Å². The minimum absolute atomic E-state index is 0.180. The summed E-state index contributed by atoms with van der Waals surface area (Å²) in [6, 6.07) is 7.02. The molecule has 0 heterocycles. The maximum absolute atomic E-state index is 10.7. The van der Waals surface area contributed by atoms with Crippen molar-refractivity contribution in [3.8, 4) is 0 Å². The van der Waals surface area contributed by atoms with Crippen molar-refractivity contribution in [3.63, 3.8) is 0 Å². The molecule has 0 saturated carbocycles. The van der Waals surface area contributed by atoms with E-state index in [2.05, 4.69) is 20.8 Å². The first-order valence-electron chi connectivity index (χ1n) is 10.1. The lowest BCUT2D eigenvalue weighted by atomic mass is 10.1. The fourth-order valence-electron chi connectivity index (χ4n) is 3.58. The molecule has 0 atom stereocenters. The van der Waals surface area contributed by atoms with E-state index in [1.807, 2.05) is 12.1 Å². The van der Waals surface area contributed by atoms with E-state index < -0.39 is 0 Å². The van der Waals surface area contributed by atoms with Gasteiger partial charge in [-0.05, 0) is 51.5 Å². The summed E-state index contributed by atoms with van der Waals surface area (Å²) in [6.45, 7) is 11.9. The van der Waals surface area contributed by atoms with E-state index in [4.69, 9.17) is 0 Å². The topological polar surface area (TPSA) is 43.1 Å². The normalized spacial score (nSPS) is 11.6. The second-order valence-electron chi connectivity index (χ2n) is 7.22. The van der Waals surface area contributed by atoms with Gasteiger partial charge in [-0.2, -0.15) is 0 Å². The average Bonchev–Trinajstić information content (AvgIpc) is 2.64. The van der Waals surface area contributed by atoms with Crippen LogP contribution in [0.4, 0.5) is 5.69 Å². The van der Waals surface area contributed by atoms with Gasteiger partial charge in [0, 0.05) is 12.1 Å². The summed E-state index contributed by atoms with van der Waals surface area (Å²) >= 11 is 0. The van der Waals surface area contributed by atoms with E-state index >= 15 is 0 Å². The van der Waals surface area contributed by atoms with Crippen molar-refractivity contribution in [1.82, 2.24) is 0 Å². The lowest BCUT2D eigenvalue weighted by molar-refractivity contribution is -0.925. The third-order valence-corrected chi connectivity index (χ3v) is 5.57. The summed E-state index contributed by atoms with van der Waals surface area (Å²) < 4.78 is 1.24. The highest BCUT2D eigenvalue weighted by molar-refractivity contribution is 5.32. The molecular formula is C21H37N2O2+. The van der Waals surface area contributed by atoms with Gasteiger partial charge < -0.3 is 4.48 Å². The Labute approximate surface area is 154 Å². The molecule has 142 valence electrons. The second-order valence-corrected chi connectivity index (χ2v) is 7.22. The molecule has 0 N–H and O–H groups in total. The summed E-state index contributed by atoms with van der Waals surface area (Å²) in [5.41, 5.74) is 1.38. The van der Waals surface area contributed by atoms with Gasteiger partial charge in [-0.25, -0.2) is 0 Å². The number of nitrogens with zero attached hydrogens (tertiary/aromatic N) is 2. The van der Waals surface area contributed by atoms with Crippen LogP contribution in [0, 0.1) is 10.1 Å². The van der Waals surface area contributed by atoms with Crippen molar-refractivity contribution in [2.75, 3.05) is 26.2 Å². The van der Waals surface area contributed by atoms with Gasteiger partial charge in [-0.3, -0.25) is 10.1 Å². The molecule has 1 rings (SSSR count). The maximum Gasteiger partial charge on any atom is 0.269 e. The number of hydrogen-bond acceptors (Lipinski definition) is 2. The Morgan fingerprint density at radius 2 is 1.40 bits per heavy atom. The summed E-state index contributed by atoms with van der Waals surface area (Å²) in [4.78, 5) is 10.4. The SMILES string of the molecule is CCCCCCC[N+](CC)(CC)CCCCc1ccc([N+](=O)[O-])cc1. The standard InChI is InChI=1S/C21H37N2O2/c1-4-7-8-9-11-18-23(5-2,6-3)19-12-10-13-20-14-16-21(17-15-20)22(24)25/h14-17H,4-13,18-19H2,1-3H3/q+1. The molecular weight excluding hydrogens is 312 g/mol. The second kappa shape index (κ2) is 12.0. The number of aryl methyl sites for hydroxylation is 1. The zero-order chi connectivity index (χ0) is 18.5. The minimum atomic E-state index is -0.335. The van der Waals surface area contributed by atoms with E-state index in [-0.39, 0.29) is 10.6 Å². The van der Waals surface area contributed by atoms with E-state index in [0.29, 0.717) is 0 Å². The first-order chi connectivity index (χ1) is 12.1. The molecule has 0 amide bonds. The predicted octanol–water partition coefficient (Wildman–Crippen LogP) is 5.74. The van der Waals surface area contributed by atoms with Crippen LogP contribution in [-0.4, -0.2) is 35.6 Å². The highest BCUT2D eigenvalue weighted by atomic mass is 16.6. The lowest BCUT2D eigenvalue weighted by Crippen LogP contribution is -2.49. The number of quaternary nitrogens is 1. The molecule has 0 spiro atoms. The van der Waals surface area contributed by atoms with Crippen molar-refractivity contribution in [2.45, 2.75) is 72.1 Å². The van der Waals surface area contributed by atoms with Crippen molar-refractivity contribution < 1.29 is 9.41 Å². The summed E-state index contributed by atoms with van der Waals surface area (Å²) in [5.74, 6) is 0. The predicted molar refractivity (Wildman–Crippen MR) is 106 cm³/mol. The monoisotopic (exact) mass is 349 g/mol. The van der Waals surface area contributed by atoms with Gasteiger partial charge in [-0.15, -0.1) is 0 Å². The number of non-ortho nitro benzene ring substituents is 1. The van der Waals surface area contributed by atoms with Crippen molar-refractivity contribution in [3.05, 3.63) is 39.9 Å². The minimum Gasteiger partial charge on any atom is -0.324 e.